The fourth-order valence-electron chi connectivity index (χ4n) is 6.55. The zero-order chi connectivity index (χ0) is 19.0. The van der Waals surface area contributed by atoms with Crippen LogP contribution in [0.2, 0.25) is 0 Å². The molecule has 6 heteroatoms. The van der Waals surface area contributed by atoms with E-state index in [-0.39, 0.29) is 11.1 Å². The molecule has 1 aromatic carbocycles. The third-order valence-corrected chi connectivity index (χ3v) is 7.18. The molecule has 7 rings (SSSR count). The van der Waals surface area contributed by atoms with Crippen LogP contribution in [0.25, 0.3) is 16.6 Å². The summed E-state index contributed by atoms with van der Waals surface area (Å²) in [5.41, 5.74) is 2.85. The Kier molecular flexibility index (Phi) is 3.19. The van der Waals surface area contributed by atoms with Gasteiger partial charge >= 0.3 is 5.97 Å². The molecule has 4 aliphatic rings. The summed E-state index contributed by atoms with van der Waals surface area (Å²) < 4.78 is 2.05. The first-order chi connectivity index (χ1) is 13.5. The van der Waals surface area contributed by atoms with E-state index in [1.807, 2.05) is 19.2 Å². The number of aromatic nitrogens is 3. The summed E-state index contributed by atoms with van der Waals surface area (Å²) in [5.74, 6) is 2.40. The summed E-state index contributed by atoms with van der Waals surface area (Å²) in [6.45, 7) is 1.99. The lowest BCUT2D eigenvalue weighted by molar-refractivity contribution is 0.0103. The van der Waals surface area contributed by atoms with Gasteiger partial charge in [0.25, 0.3) is 0 Å². The highest BCUT2D eigenvalue weighted by Crippen LogP contribution is 2.56. The molecule has 0 amide bonds. The van der Waals surface area contributed by atoms with E-state index in [2.05, 4.69) is 9.72 Å². The lowest BCUT2D eigenvalue weighted by Crippen LogP contribution is -2.55. The van der Waals surface area contributed by atoms with Crippen LogP contribution < -0.4 is 5.32 Å². The van der Waals surface area contributed by atoms with Crippen LogP contribution in [0.5, 0.6) is 0 Å². The van der Waals surface area contributed by atoms with E-state index in [1.165, 1.54) is 38.5 Å². The highest BCUT2D eigenvalue weighted by Gasteiger charge is 2.51. The first-order valence-corrected chi connectivity index (χ1v) is 10.3. The van der Waals surface area contributed by atoms with Gasteiger partial charge in [-0.05, 0) is 81.4 Å². The van der Waals surface area contributed by atoms with E-state index in [0.717, 1.165) is 40.4 Å². The van der Waals surface area contributed by atoms with Crippen molar-refractivity contribution in [3.63, 3.8) is 0 Å². The maximum Gasteiger partial charge on any atom is 0.335 e. The summed E-state index contributed by atoms with van der Waals surface area (Å²) in [4.78, 5) is 21.0. The van der Waals surface area contributed by atoms with Crippen molar-refractivity contribution in [3.05, 3.63) is 35.7 Å². The van der Waals surface area contributed by atoms with Gasteiger partial charge in [-0.15, -0.1) is 0 Å². The molecule has 3 aromatic rings. The van der Waals surface area contributed by atoms with Crippen molar-refractivity contribution in [2.45, 2.75) is 51.0 Å². The molecular weight excluding hydrogens is 352 g/mol. The largest absolute Gasteiger partial charge is 0.478 e. The predicted octanol–water partition coefficient (Wildman–Crippen LogP) is 4.27. The van der Waals surface area contributed by atoms with Gasteiger partial charge in [-0.2, -0.15) is 0 Å². The highest BCUT2D eigenvalue weighted by atomic mass is 16.4. The van der Waals surface area contributed by atoms with Crippen molar-refractivity contribution < 1.29 is 9.90 Å². The minimum Gasteiger partial charge on any atom is -0.478 e. The van der Waals surface area contributed by atoms with Crippen LogP contribution in [-0.2, 0) is 0 Å². The number of carbonyl (C=O) groups is 1. The molecule has 0 unspecified atom stereocenters. The van der Waals surface area contributed by atoms with Crippen LogP contribution in [0.15, 0.2) is 24.4 Å². The molecule has 0 atom stereocenters. The second-order valence-corrected chi connectivity index (χ2v) is 9.37. The number of nitrogens with one attached hydrogen (secondary N) is 1. The van der Waals surface area contributed by atoms with Gasteiger partial charge in [-0.1, -0.05) is 0 Å². The topological polar surface area (TPSA) is 79.5 Å². The van der Waals surface area contributed by atoms with E-state index in [1.54, 1.807) is 12.1 Å². The van der Waals surface area contributed by atoms with E-state index >= 15 is 0 Å². The molecule has 4 bridgehead atoms. The number of imidazole rings is 1. The number of fused-ring (bicyclic) bond motifs is 3. The molecule has 0 aliphatic heterocycles. The Morgan fingerprint density at radius 1 is 1.14 bits per heavy atom. The number of anilines is 1. The average molecular weight is 376 g/mol. The van der Waals surface area contributed by atoms with Gasteiger partial charge in [0.2, 0.25) is 5.95 Å². The van der Waals surface area contributed by atoms with E-state index in [9.17, 15) is 9.90 Å². The van der Waals surface area contributed by atoms with Crippen molar-refractivity contribution in [1.82, 2.24) is 14.4 Å². The van der Waals surface area contributed by atoms with E-state index in [4.69, 9.17) is 9.97 Å². The SMILES string of the molecule is Cc1cn2c(NC34CC5CC(CC(C5)C3)C4)nc3cc(C(=O)O)ccc3c2n1. The number of aryl methyl sites for hydroxylation is 1. The van der Waals surface area contributed by atoms with Gasteiger partial charge < -0.3 is 10.4 Å². The summed E-state index contributed by atoms with van der Waals surface area (Å²) >= 11 is 0. The van der Waals surface area contributed by atoms with Gasteiger partial charge in [0.1, 0.15) is 5.65 Å². The van der Waals surface area contributed by atoms with Gasteiger partial charge in [-0.25, -0.2) is 14.8 Å². The zero-order valence-corrected chi connectivity index (χ0v) is 16.0. The lowest BCUT2D eigenvalue weighted by atomic mass is 9.53. The Labute approximate surface area is 163 Å². The predicted molar refractivity (Wildman–Crippen MR) is 107 cm³/mol. The molecule has 0 radical (unpaired) electrons. The molecule has 4 fully saturated rings. The number of hydrogen-bond acceptors (Lipinski definition) is 4. The second-order valence-electron chi connectivity index (χ2n) is 9.37. The molecule has 4 aliphatic carbocycles. The molecule has 2 aromatic heterocycles. The third kappa shape index (κ3) is 2.36. The summed E-state index contributed by atoms with van der Waals surface area (Å²) in [6, 6.07) is 5.11. The Balaban J connectivity index is 1.50. The smallest absolute Gasteiger partial charge is 0.335 e. The first-order valence-electron chi connectivity index (χ1n) is 10.3. The molecule has 28 heavy (non-hydrogen) atoms. The number of benzene rings is 1. The average Bonchev–Trinajstić information content (AvgIpc) is 3.02. The van der Waals surface area contributed by atoms with Gasteiger partial charge in [0.15, 0.2) is 0 Å². The Morgan fingerprint density at radius 2 is 1.82 bits per heavy atom. The molecule has 0 spiro atoms. The van der Waals surface area contributed by atoms with Crippen LogP contribution in [0.1, 0.15) is 54.6 Å². The first kappa shape index (κ1) is 16.3. The molecule has 4 saturated carbocycles. The van der Waals surface area contributed by atoms with Gasteiger partial charge in [0, 0.05) is 17.1 Å². The monoisotopic (exact) mass is 376 g/mol. The molecule has 144 valence electrons. The standard InChI is InChI=1S/C22H24N4O2/c1-12-11-26-19(23-12)17-3-2-16(20(27)28)7-18(17)24-21(26)25-22-8-13-4-14(9-22)6-15(5-13)10-22/h2-3,7,11,13-15H,4-6,8-10H2,1H3,(H,24,25)(H,27,28). The van der Waals surface area contributed by atoms with Crippen LogP contribution in [0.4, 0.5) is 5.95 Å². The number of nitrogens with zero attached hydrogens (tertiary/aromatic N) is 3. The number of carboxylic acid groups (broad SMARTS) is 1. The summed E-state index contributed by atoms with van der Waals surface area (Å²) in [5, 5.41) is 14.1. The minimum atomic E-state index is -0.932. The van der Waals surface area contributed by atoms with E-state index in [0.29, 0.717) is 5.52 Å². The normalized spacial score (nSPS) is 31.0. The van der Waals surface area contributed by atoms with E-state index < -0.39 is 5.97 Å². The molecule has 2 heterocycles. The van der Waals surface area contributed by atoms with Gasteiger partial charge in [-0.3, -0.25) is 4.40 Å². The minimum absolute atomic E-state index is 0.130. The highest BCUT2D eigenvalue weighted by molar-refractivity contribution is 5.98. The molecule has 0 saturated heterocycles. The molecule has 2 N–H and O–H groups in total. The second kappa shape index (κ2) is 5.46. The Morgan fingerprint density at radius 3 is 2.46 bits per heavy atom. The zero-order valence-electron chi connectivity index (χ0n) is 16.0. The third-order valence-electron chi connectivity index (χ3n) is 7.18. The van der Waals surface area contributed by atoms with Gasteiger partial charge in [0.05, 0.1) is 16.8 Å². The van der Waals surface area contributed by atoms with Crippen molar-refractivity contribution in [1.29, 1.82) is 0 Å². The van der Waals surface area contributed by atoms with Crippen LogP contribution in [0, 0.1) is 24.7 Å². The Hall–Kier alpha value is -2.63. The fourth-order valence-corrected chi connectivity index (χ4v) is 6.55. The number of aromatic carboxylic acids is 1. The fraction of sp³-hybridized carbons (Fsp3) is 0.500. The van der Waals surface area contributed by atoms with Crippen molar-refractivity contribution in [3.8, 4) is 0 Å². The number of carboxylic acids is 1. The lowest BCUT2D eigenvalue weighted by Gasteiger charge is -2.57. The summed E-state index contributed by atoms with van der Waals surface area (Å²) in [6.07, 6.45) is 9.89. The quantitative estimate of drug-likeness (QED) is 0.714. The van der Waals surface area contributed by atoms with Crippen LogP contribution >= 0.6 is 0 Å². The van der Waals surface area contributed by atoms with Crippen LogP contribution in [0.3, 0.4) is 0 Å². The molecular formula is C22H24N4O2. The van der Waals surface area contributed by atoms with Crippen molar-refractivity contribution >= 4 is 28.5 Å². The summed E-state index contributed by atoms with van der Waals surface area (Å²) in [7, 11) is 0. The Bertz CT molecular complexity index is 1100. The van der Waals surface area contributed by atoms with Crippen molar-refractivity contribution in [2.75, 3.05) is 5.32 Å². The molecule has 6 nitrogen and oxygen atoms in total. The number of hydrogen-bond donors (Lipinski definition) is 2. The maximum atomic E-state index is 11.4. The maximum absolute atomic E-state index is 11.4. The van der Waals surface area contributed by atoms with Crippen molar-refractivity contribution in [2.24, 2.45) is 17.8 Å². The number of rotatable bonds is 3. The van der Waals surface area contributed by atoms with Crippen LogP contribution in [-0.4, -0.2) is 31.0 Å².